The van der Waals surface area contributed by atoms with Crippen molar-refractivity contribution >= 4 is 18.0 Å². The van der Waals surface area contributed by atoms with Gasteiger partial charge in [-0.15, -0.1) is 0 Å². The number of halogens is 1. The Balaban J connectivity index is 1.79. The molecule has 22 heavy (non-hydrogen) atoms. The lowest BCUT2D eigenvalue weighted by Gasteiger charge is -2.03. The number of nitrogens with one attached hydrogen (secondary N) is 2. The van der Waals surface area contributed by atoms with Gasteiger partial charge in [-0.3, -0.25) is 14.6 Å². The lowest BCUT2D eigenvalue weighted by molar-refractivity contribution is -0.139. The largest absolute Gasteiger partial charge is 0.344 e. The van der Waals surface area contributed by atoms with Crippen LogP contribution in [0.25, 0.3) is 0 Å². The Kier molecular flexibility index (Phi) is 5.31. The van der Waals surface area contributed by atoms with E-state index in [2.05, 4.69) is 20.8 Å². The number of pyridine rings is 1. The zero-order valence-corrected chi connectivity index (χ0v) is 11.5. The average Bonchev–Trinajstić information content (AvgIpc) is 2.55. The van der Waals surface area contributed by atoms with Gasteiger partial charge in [-0.05, 0) is 29.3 Å². The third-order valence-corrected chi connectivity index (χ3v) is 2.63. The molecule has 2 amide bonds. The molecule has 1 aromatic heterocycles. The minimum atomic E-state index is -0.887. The van der Waals surface area contributed by atoms with E-state index in [0.29, 0.717) is 5.56 Å². The lowest BCUT2D eigenvalue weighted by Crippen LogP contribution is -2.37. The van der Waals surface area contributed by atoms with Gasteiger partial charge < -0.3 is 5.32 Å². The molecule has 1 aromatic carbocycles. The molecule has 2 aromatic rings. The van der Waals surface area contributed by atoms with Crippen LogP contribution >= 0.6 is 0 Å². The molecule has 0 saturated carbocycles. The Labute approximate surface area is 126 Å². The van der Waals surface area contributed by atoms with Crippen molar-refractivity contribution in [3.63, 3.8) is 0 Å². The van der Waals surface area contributed by atoms with Crippen LogP contribution in [0.15, 0.2) is 53.9 Å². The van der Waals surface area contributed by atoms with Gasteiger partial charge in [0.2, 0.25) is 0 Å². The van der Waals surface area contributed by atoms with E-state index in [9.17, 15) is 14.0 Å². The highest BCUT2D eigenvalue weighted by molar-refractivity contribution is 6.35. The van der Waals surface area contributed by atoms with Gasteiger partial charge in [0.05, 0.1) is 6.21 Å². The quantitative estimate of drug-likeness (QED) is 0.502. The highest BCUT2D eigenvalue weighted by Crippen LogP contribution is 1.99. The van der Waals surface area contributed by atoms with Crippen molar-refractivity contribution in [2.24, 2.45) is 5.10 Å². The van der Waals surface area contributed by atoms with E-state index in [-0.39, 0.29) is 12.4 Å². The molecule has 0 aliphatic carbocycles. The fraction of sp³-hybridized carbons (Fsp3) is 0.0667. The number of nitrogens with zero attached hydrogens (tertiary/aromatic N) is 2. The van der Waals surface area contributed by atoms with Crippen molar-refractivity contribution in [1.29, 1.82) is 0 Å². The van der Waals surface area contributed by atoms with E-state index in [4.69, 9.17) is 0 Å². The standard InChI is InChI=1S/C15H13FN4O2/c16-13-5-3-11(4-6-13)10-19-20-15(22)14(21)18-9-12-2-1-7-17-8-12/h1-8,10H,9H2,(H,18,21)(H,20,22)/b19-10+. The molecule has 0 aliphatic rings. The second-order valence-corrected chi connectivity index (χ2v) is 4.29. The van der Waals surface area contributed by atoms with Crippen LogP contribution in [-0.2, 0) is 16.1 Å². The van der Waals surface area contributed by atoms with Gasteiger partial charge >= 0.3 is 11.8 Å². The third kappa shape index (κ3) is 4.78. The number of hydrogen-bond donors (Lipinski definition) is 2. The van der Waals surface area contributed by atoms with Crippen LogP contribution in [0.4, 0.5) is 4.39 Å². The van der Waals surface area contributed by atoms with Gasteiger partial charge in [0.15, 0.2) is 0 Å². The average molecular weight is 300 g/mol. The van der Waals surface area contributed by atoms with Crippen LogP contribution in [-0.4, -0.2) is 23.0 Å². The number of carbonyl (C=O) groups excluding carboxylic acids is 2. The minimum absolute atomic E-state index is 0.196. The van der Waals surface area contributed by atoms with Gasteiger partial charge in [-0.25, -0.2) is 9.82 Å². The summed E-state index contributed by atoms with van der Waals surface area (Å²) >= 11 is 0. The van der Waals surface area contributed by atoms with Gasteiger partial charge in [-0.2, -0.15) is 5.10 Å². The molecular weight excluding hydrogens is 287 g/mol. The smallest absolute Gasteiger partial charge is 0.329 e. The number of benzene rings is 1. The monoisotopic (exact) mass is 300 g/mol. The molecule has 6 nitrogen and oxygen atoms in total. The summed E-state index contributed by atoms with van der Waals surface area (Å²) in [5, 5.41) is 6.07. The molecule has 2 N–H and O–H groups in total. The molecule has 0 radical (unpaired) electrons. The van der Waals surface area contributed by atoms with Crippen molar-refractivity contribution < 1.29 is 14.0 Å². The van der Waals surface area contributed by atoms with E-state index in [1.165, 1.54) is 30.5 Å². The lowest BCUT2D eigenvalue weighted by atomic mass is 10.2. The first-order chi connectivity index (χ1) is 10.6. The van der Waals surface area contributed by atoms with Crippen molar-refractivity contribution in [2.75, 3.05) is 0 Å². The first-order valence-corrected chi connectivity index (χ1v) is 6.41. The topological polar surface area (TPSA) is 83.5 Å². The van der Waals surface area contributed by atoms with Crippen molar-refractivity contribution in [2.45, 2.75) is 6.54 Å². The summed E-state index contributed by atoms with van der Waals surface area (Å²) in [6, 6.07) is 9.03. The number of hydrazone groups is 1. The molecule has 0 saturated heterocycles. The van der Waals surface area contributed by atoms with Crippen LogP contribution in [0.5, 0.6) is 0 Å². The second kappa shape index (κ2) is 7.63. The molecule has 112 valence electrons. The number of carbonyl (C=O) groups is 2. The Morgan fingerprint density at radius 3 is 2.64 bits per heavy atom. The fourth-order valence-corrected chi connectivity index (χ4v) is 1.53. The van der Waals surface area contributed by atoms with E-state index in [1.54, 1.807) is 24.5 Å². The van der Waals surface area contributed by atoms with Gasteiger partial charge in [-0.1, -0.05) is 18.2 Å². The summed E-state index contributed by atoms with van der Waals surface area (Å²) in [6.45, 7) is 0.196. The summed E-state index contributed by atoms with van der Waals surface area (Å²) in [7, 11) is 0. The second-order valence-electron chi connectivity index (χ2n) is 4.29. The molecule has 0 atom stereocenters. The summed E-state index contributed by atoms with van der Waals surface area (Å²) in [5.41, 5.74) is 3.46. The number of amides is 2. The van der Waals surface area contributed by atoms with Crippen molar-refractivity contribution in [3.05, 3.63) is 65.7 Å². The van der Waals surface area contributed by atoms with Crippen LogP contribution in [0.3, 0.4) is 0 Å². The predicted molar refractivity (Wildman–Crippen MR) is 78.2 cm³/mol. The molecule has 0 fully saturated rings. The maximum Gasteiger partial charge on any atom is 0.329 e. The van der Waals surface area contributed by atoms with Crippen molar-refractivity contribution in [3.8, 4) is 0 Å². The van der Waals surface area contributed by atoms with Gasteiger partial charge in [0.25, 0.3) is 0 Å². The van der Waals surface area contributed by atoms with E-state index in [1.807, 2.05) is 0 Å². The highest BCUT2D eigenvalue weighted by Gasteiger charge is 2.11. The Morgan fingerprint density at radius 2 is 1.95 bits per heavy atom. The molecule has 0 unspecified atom stereocenters. The molecule has 1 heterocycles. The molecular formula is C15H13FN4O2. The predicted octanol–water partition coefficient (Wildman–Crippen LogP) is 0.987. The number of aromatic nitrogens is 1. The Hall–Kier alpha value is -3.09. The summed E-state index contributed by atoms with van der Waals surface area (Å²) < 4.78 is 12.7. The Morgan fingerprint density at radius 1 is 1.18 bits per heavy atom. The van der Waals surface area contributed by atoms with Crippen LogP contribution in [0.1, 0.15) is 11.1 Å². The minimum Gasteiger partial charge on any atom is -0.344 e. The first kappa shape index (κ1) is 15.3. The third-order valence-electron chi connectivity index (χ3n) is 2.63. The van der Waals surface area contributed by atoms with E-state index < -0.39 is 11.8 Å². The van der Waals surface area contributed by atoms with E-state index in [0.717, 1.165) is 5.56 Å². The summed E-state index contributed by atoms with van der Waals surface area (Å²) in [4.78, 5) is 26.9. The Bertz CT molecular complexity index is 672. The zero-order chi connectivity index (χ0) is 15.8. The molecule has 0 bridgehead atoms. The number of rotatable bonds is 4. The molecule has 0 spiro atoms. The van der Waals surface area contributed by atoms with Crippen LogP contribution in [0.2, 0.25) is 0 Å². The maximum atomic E-state index is 12.7. The normalized spacial score (nSPS) is 10.4. The van der Waals surface area contributed by atoms with E-state index >= 15 is 0 Å². The van der Waals surface area contributed by atoms with Gasteiger partial charge in [0.1, 0.15) is 5.82 Å². The zero-order valence-electron chi connectivity index (χ0n) is 11.5. The first-order valence-electron chi connectivity index (χ1n) is 6.41. The maximum absolute atomic E-state index is 12.7. The van der Waals surface area contributed by atoms with Crippen LogP contribution < -0.4 is 10.7 Å². The molecule has 2 rings (SSSR count). The SMILES string of the molecule is O=C(NCc1cccnc1)C(=O)N/N=C/c1ccc(F)cc1. The van der Waals surface area contributed by atoms with Crippen LogP contribution in [0, 0.1) is 5.82 Å². The fourth-order valence-electron chi connectivity index (χ4n) is 1.53. The summed E-state index contributed by atoms with van der Waals surface area (Å²) in [5.74, 6) is -2.06. The number of hydrogen-bond acceptors (Lipinski definition) is 4. The van der Waals surface area contributed by atoms with Gasteiger partial charge in [0, 0.05) is 18.9 Å². The molecule has 7 heteroatoms. The summed E-state index contributed by atoms with van der Waals surface area (Å²) in [6.07, 6.45) is 4.51. The van der Waals surface area contributed by atoms with Crippen molar-refractivity contribution in [1.82, 2.24) is 15.7 Å². The molecule has 0 aliphatic heterocycles. The highest BCUT2D eigenvalue weighted by atomic mass is 19.1.